The number of fused-ring (bicyclic) bond motifs is 1. The first-order valence-electron chi connectivity index (χ1n) is 15.6. The summed E-state index contributed by atoms with van der Waals surface area (Å²) < 4.78 is 34.3. The maximum absolute atomic E-state index is 12.5. The van der Waals surface area contributed by atoms with Gasteiger partial charge in [-0.05, 0) is 56.4 Å². The second kappa shape index (κ2) is 15.9. The molecule has 0 radical (unpaired) electrons. The van der Waals surface area contributed by atoms with E-state index in [1.807, 2.05) is 5.06 Å². The number of ether oxygens (including phenoxy) is 6. The highest BCUT2D eigenvalue weighted by atomic mass is 16.7. The van der Waals surface area contributed by atoms with Gasteiger partial charge in [0.15, 0.2) is 11.5 Å². The molecule has 1 atom stereocenters. The van der Waals surface area contributed by atoms with Crippen LogP contribution in [0.25, 0.3) is 5.76 Å². The Balaban J connectivity index is 1.25. The van der Waals surface area contributed by atoms with Crippen LogP contribution in [0.5, 0.6) is 34.5 Å². The molecular weight excluding hydrogens is 606 g/mol. The highest BCUT2D eigenvalue weighted by Crippen LogP contribution is 2.50. The minimum absolute atomic E-state index is 0.0831. The Morgan fingerprint density at radius 3 is 2.21 bits per heavy atom. The quantitative estimate of drug-likeness (QED) is 0.230. The third kappa shape index (κ3) is 7.73. The summed E-state index contributed by atoms with van der Waals surface area (Å²) >= 11 is 0. The van der Waals surface area contributed by atoms with E-state index in [1.54, 1.807) is 84.3 Å². The van der Waals surface area contributed by atoms with E-state index in [4.69, 9.17) is 33.3 Å². The van der Waals surface area contributed by atoms with Gasteiger partial charge in [0, 0.05) is 60.4 Å². The maximum Gasteiger partial charge on any atom is 0.251 e. The lowest BCUT2D eigenvalue weighted by Gasteiger charge is -2.31. The number of pyridine rings is 1. The van der Waals surface area contributed by atoms with Crippen molar-refractivity contribution in [3.05, 3.63) is 71.1 Å². The van der Waals surface area contributed by atoms with Crippen molar-refractivity contribution in [2.45, 2.75) is 44.2 Å². The van der Waals surface area contributed by atoms with Crippen molar-refractivity contribution in [1.82, 2.24) is 15.4 Å². The maximum atomic E-state index is 12.5. The Labute approximate surface area is 275 Å². The van der Waals surface area contributed by atoms with E-state index in [0.717, 1.165) is 38.8 Å². The van der Waals surface area contributed by atoms with E-state index < -0.39 is 6.10 Å². The first kappa shape index (κ1) is 33.8. The average molecular weight is 650 g/mol. The van der Waals surface area contributed by atoms with E-state index in [0.29, 0.717) is 75.5 Å². The van der Waals surface area contributed by atoms with Crippen molar-refractivity contribution >= 4 is 11.7 Å². The summed E-state index contributed by atoms with van der Waals surface area (Å²) in [5, 5.41) is 16.8. The summed E-state index contributed by atoms with van der Waals surface area (Å²) in [6.45, 7) is 1.98. The number of hydroxylamine groups is 2. The van der Waals surface area contributed by atoms with Crippen LogP contribution in [0, 0.1) is 0 Å². The molecule has 0 spiro atoms. The fraction of sp³-hybridized carbons (Fsp3) is 0.429. The molecule has 2 N–H and O–H groups in total. The second-order valence-electron chi connectivity index (χ2n) is 11.2. The third-order valence-corrected chi connectivity index (χ3v) is 8.41. The van der Waals surface area contributed by atoms with Gasteiger partial charge in [0.2, 0.25) is 5.75 Å². The third-order valence-electron chi connectivity index (χ3n) is 8.41. The first-order chi connectivity index (χ1) is 22.9. The molecule has 1 saturated heterocycles. The zero-order valence-electron chi connectivity index (χ0n) is 27.5. The normalized spacial score (nSPS) is 16.6. The van der Waals surface area contributed by atoms with Crippen LogP contribution < -0.4 is 33.7 Å². The van der Waals surface area contributed by atoms with Gasteiger partial charge in [-0.25, -0.2) is 0 Å². The number of methoxy groups -OCH3 is 5. The zero-order chi connectivity index (χ0) is 33.3. The number of carbonyl (C=O) groups is 1. The monoisotopic (exact) mass is 649 g/mol. The summed E-state index contributed by atoms with van der Waals surface area (Å²) in [4.78, 5) is 22.5. The molecule has 1 aromatic heterocycles. The van der Waals surface area contributed by atoms with Crippen molar-refractivity contribution in [2.75, 3.05) is 55.2 Å². The van der Waals surface area contributed by atoms with Crippen LogP contribution in [0.1, 0.15) is 59.7 Å². The van der Waals surface area contributed by atoms with Gasteiger partial charge in [0.25, 0.3) is 5.91 Å². The van der Waals surface area contributed by atoms with Crippen LogP contribution in [0.4, 0.5) is 0 Å². The number of nitrogens with one attached hydrogen (secondary N) is 1. The molecule has 2 aromatic carbocycles. The average Bonchev–Trinajstić information content (AvgIpc) is 3.11. The summed E-state index contributed by atoms with van der Waals surface area (Å²) in [5.41, 5.74) is 2.50. The Hall–Kier alpha value is -4.52. The molecule has 5 rings (SSSR count). The van der Waals surface area contributed by atoms with Gasteiger partial charge in [0.1, 0.15) is 29.1 Å². The van der Waals surface area contributed by atoms with Crippen LogP contribution in [0.2, 0.25) is 0 Å². The number of carbonyl (C=O) groups excluding carboxylic acids is 1. The molecule has 2 aliphatic heterocycles. The van der Waals surface area contributed by atoms with Crippen molar-refractivity contribution in [1.29, 1.82) is 0 Å². The number of aliphatic hydroxyl groups is 1. The van der Waals surface area contributed by atoms with E-state index in [9.17, 15) is 9.90 Å². The summed E-state index contributed by atoms with van der Waals surface area (Å²) in [7, 11) is 7.77. The van der Waals surface area contributed by atoms with Crippen molar-refractivity contribution in [3.8, 4) is 34.5 Å². The molecule has 0 aliphatic carbocycles. The molecule has 0 bridgehead atoms. The number of aliphatic hydroxyl groups excluding tert-OH is 1. The molecule has 3 aromatic rings. The van der Waals surface area contributed by atoms with Crippen LogP contribution in [0.15, 0.2) is 54.4 Å². The Bertz CT molecular complexity index is 1530. The largest absolute Gasteiger partial charge is 0.496 e. The Morgan fingerprint density at radius 2 is 1.60 bits per heavy atom. The number of benzene rings is 2. The SMILES string of the molecule is COc1cc(OC)c2c(c1)OC(c1cc(OC)c(OC)c(OC)c1)=C(CCCCON1CCC(NC(=O)c3ccncc3)CC1)C2O. The lowest BCUT2D eigenvalue weighted by atomic mass is 9.90. The van der Waals surface area contributed by atoms with E-state index in [1.165, 1.54) is 0 Å². The highest BCUT2D eigenvalue weighted by molar-refractivity contribution is 5.94. The Morgan fingerprint density at radius 1 is 0.915 bits per heavy atom. The molecule has 0 saturated carbocycles. The lowest BCUT2D eigenvalue weighted by molar-refractivity contribution is -0.171. The molecule has 3 heterocycles. The van der Waals surface area contributed by atoms with Crippen molar-refractivity contribution < 1.29 is 43.2 Å². The zero-order valence-corrected chi connectivity index (χ0v) is 27.5. The number of hydrogen-bond donors (Lipinski definition) is 2. The predicted octanol–water partition coefficient (Wildman–Crippen LogP) is 4.96. The minimum Gasteiger partial charge on any atom is -0.496 e. The van der Waals surface area contributed by atoms with E-state index >= 15 is 0 Å². The smallest absolute Gasteiger partial charge is 0.251 e. The van der Waals surface area contributed by atoms with Crippen molar-refractivity contribution in [2.24, 2.45) is 0 Å². The number of rotatable bonds is 14. The van der Waals surface area contributed by atoms with Crippen LogP contribution in [-0.4, -0.2) is 82.3 Å². The van der Waals surface area contributed by atoms with E-state index in [-0.39, 0.29) is 11.9 Å². The Kier molecular flexibility index (Phi) is 11.4. The molecule has 1 unspecified atom stereocenters. The molecule has 12 heteroatoms. The van der Waals surface area contributed by atoms with Gasteiger partial charge in [0.05, 0.1) is 47.7 Å². The fourth-order valence-corrected chi connectivity index (χ4v) is 5.91. The van der Waals surface area contributed by atoms with Gasteiger partial charge in [-0.15, -0.1) is 0 Å². The number of nitrogens with zero attached hydrogens (tertiary/aromatic N) is 2. The second-order valence-corrected chi connectivity index (χ2v) is 11.2. The lowest BCUT2D eigenvalue weighted by Crippen LogP contribution is -2.44. The molecule has 252 valence electrons. The molecule has 2 aliphatic rings. The molecular formula is C35H43N3O9. The summed E-state index contributed by atoms with van der Waals surface area (Å²) in [6, 6.07) is 10.6. The van der Waals surface area contributed by atoms with Gasteiger partial charge < -0.3 is 38.8 Å². The number of piperidine rings is 1. The van der Waals surface area contributed by atoms with Gasteiger partial charge >= 0.3 is 0 Å². The standard InChI is InChI=1S/C35H43N3O9/c1-41-25-20-27(42-2)31-28(21-25)47-33(23-18-29(43-3)34(45-5)30(19-23)44-4)26(32(31)39)8-6-7-17-46-38-15-11-24(12-16-38)37-35(40)22-9-13-36-14-10-22/h9-10,13-14,18-21,24,32,39H,6-8,11-12,15-17H2,1-5H3,(H,37,40). The summed E-state index contributed by atoms with van der Waals surface area (Å²) in [6.07, 6.45) is 5.87. The van der Waals surface area contributed by atoms with Crippen LogP contribution in [0.3, 0.4) is 0 Å². The van der Waals surface area contributed by atoms with Crippen LogP contribution >= 0.6 is 0 Å². The number of amides is 1. The highest BCUT2D eigenvalue weighted by Gasteiger charge is 2.33. The first-order valence-corrected chi connectivity index (χ1v) is 15.6. The molecule has 1 fully saturated rings. The molecule has 47 heavy (non-hydrogen) atoms. The fourth-order valence-electron chi connectivity index (χ4n) is 5.91. The summed E-state index contributed by atoms with van der Waals surface area (Å²) in [5.74, 6) is 3.25. The minimum atomic E-state index is -0.990. The van der Waals surface area contributed by atoms with Gasteiger partial charge in [-0.1, -0.05) is 0 Å². The van der Waals surface area contributed by atoms with Gasteiger partial charge in [-0.2, -0.15) is 5.06 Å². The van der Waals surface area contributed by atoms with Gasteiger partial charge in [-0.3, -0.25) is 14.6 Å². The van der Waals surface area contributed by atoms with E-state index in [2.05, 4.69) is 10.3 Å². The molecule has 1 amide bonds. The van der Waals surface area contributed by atoms with Crippen LogP contribution in [-0.2, 0) is 4.84 Å². The molecule has 12 nitrogen and oxygen atoms in total. The number of unbranched alkanes of at least 4 members (excludes halogenated alkanes) is 1. The topological polar surface area (TPSA) is 130 Å². The number of hydrogen-bond acceptors (Lipinski definition) is 11. The van der Waals surface area contributed by atoms with Crippen molar-refractivity contribution in [3.63, 3.8) is 0 Å². The predicted molar refractivity (Wildman–Crippen MR) is 174 cm³/mol. The number of aromatic nitrogens is 1.